The molecule has 0 aliphatic rings. The van der Waals surface area contributed by atoms with E-state index in [0.29, 0.717) is 0 Å². The first-order valence-electron chi connectivity index (χ1n) is 7.90. The lowest BCUT2D eigenvalue weighted by Gasteiger charge is -1.97. The van der Waals surface area contributed by atoms with Crippen LogP contribution in [0.3, 0.4) is 0 Å². The lowest BCUT2D eigenvalue weighted by Crippen LogP contribution is -1.82. The van der Waals surface area contributed by atoms with E-state index in [2.05, 4.69) is 75.9 Å². The summed E-state index contributed by atoms with van der Waals surface area (Å²) in [7, 11) is 0. The molecular weight excluding hydrogens is 252 g/mol. The molecule has 0 aromatic heterocycles. The van der Waals surface area contributed by atoms with Gasteiger partial charge < -0.3 is 0 Å². The standard InChI is InChI=1S/C10H14.C9H10.C2H6/c1-3-5-10-7-4-6-9(2)8-10;1-3-9-6-4-8(2)5-7-9;1-2/h4,6-8H,3,5H2,1-2H3;3-7H,1H2,2H3;1-2H3. The average Bonchev–Trinajstić information content (AvgIpc) is 2.51. The molecule has 114 valence electrons. The molecule has 0 saturated heterocycles. The Morgan fingerprint density at radius 1 is 0.905 bits per heavy atom. The van der Waals surface area contributed by atoms with Crippen molar-refractivity contribution in [3.8, 4) is 0 Å². The quantitative estimate of drug-likeness (QED) is 0.594. The van der Waals surface area contributed by atoms with Crippen LogP contribution in [0.4, 0.5) is 0 Å². The van der Waals surface area contributed by atoms with Crippen LogP contribution in [0.2, 0.25) is 0 Å². The Kier molecular flexibility index (Phi) is 10.9. The summed E-state index contributed by atoms with van der Waals surface area (Å²) in [4.78, 5) is 0. The molecule has 0 bridgehead atoms. The maximum atomic E-state index is 3.66. The zero-order valence-electron chi connectivity index (χ0n) is 14.3. The molecule has 0 heterocycles. The van der Waals surface area contributed by atoms with Crippen LogP contribution < -0.4 is 0 Å². The van der Waals surface area contributed by atoms with Crippen molar-refractivity contribution in [2.45, 2.75) is 47.5 Å². The second-order valence-corrected chi connectivity index (χ2v) is 4.85. The maximum Gasteiger partial charge on any atom is -0.0262 e. The summed E-state index contributed by atoms with van der Waals surface area (Å²) in [6.45, 7) is 14.1. The molecule has 0 nitrogen and oxygen atoms in total. The fourth-order valence-corrected chi connectivity index (χ4v) is 1.86. The zero-order valence-corrected chi connectivity index (χ0v) is 14.3. The highest BCUT2D eigenvalue weighted by Crippen LogP contribution is 2.05. The summed E-state index contributed by atoms with van der Waals surface area (Å²) in [5.74, 6) is 0. The Balaban J connectivity index is 0.000000342. The predicted molar refractivity (Wildman–Crippen MR) is 97.8 cm³/mol. The van der Waals surface area contributed by atoms with Crippen LogP contribution in [0.1, 0.15) is 49.4 Å². The molecule has 0 spiro atoms. The second kappa shape index (κ2) is 12.0. The topological polar surface area (TPSA) is 0 Å². The van der Waals surface area contributed by atoms with Crippen molar-refractivity contribution < 1.29 is 0 Å². The van der Waals surface area contributed by atoms with E-state index >= 15 is 0 Å². The largest absolute Gasteiger partial charge is 0.0985 e. The third-order valence-corrected chi connectivity index (χ3v) is 2.93. The second-order valence-electron chi connectivity index (χ2n) is 4.85. The van der Waals surface area contributed by atoms with E-state index in [4.69, 9.17) is 0 Å². The highest BCUT2D eigenvalue weighted by atomic mass is 13.9. The predicted octanol–water partition coefficient (Wildman–Crippen LogP) is 6.61. The first-order chi connectivity index (χ1) is 10.2. The first kappa shape index (κ1) is 19.2. The van der Waals surface area contributed by atoms with E-state index in [1.165, 1.54) is 35.1 Å². The van der Waals surface area contributed by atoms with Crippen LogP contribution >= 0.6 is 0 Å². The van der Waals surface area contributed by atoms with Crippen molar-refractivity contribution in [1.82, 2.24) is 0 Å². The van der Waals surface area contributed by atoms with Gasteiger partial charge in [0.05, 0.1) is 0 Å². The van der Waals surface area contributed by atoms with Crippen molar-refractivity contribution in [2.24, 2.45) is 0 Å². The van der Waals surface area contributed by atoms with Crippen molar-refractivity contribution >= 4 is 6.08 Å². The third-order valence-electron chi connectivity index (χ3n) is 2.93. The molecule has 0 radical (unpaired) electrons. The maximum absolute atomic E-state index is 3.66. The van der Waals surface area contributed by atoms with E-state index in [1.807, 2.05) is 19.9 Å². The number of hydrogen-bond acceptors (Lipinski definition) is 0. The van der Waals surface area contributed by atoms with Crippen molar-refractivity contribution in [3.63, 3.8) is 0 Å². The smallest absolute Gasteiger partial charge is 0.0262 e. The fourth-order valence-electron chi connectivity index (χ4n) is 1.86. The zero-order chi connectivity index (χ0) is 16.1. The Hall–Kier alpha value is -1.82. The molecule has 0 heteroatoms. The van der Waals surface area contributed by atoms with Crippen molar-refractivity contribution in [1.29, 1.82) is 0 Å². The van der Waals surface area contributed by atoms with E-state index in [0.717, 1.165) is 0 Å². The Morgan fingerprint density at radius 3 is 2.00 bits per heavy atom. The monoisotopic (exact) mass is 282 g/mol. The molecule has 21 heavy (non-hydrogen) atoms. The Morgan fingerprint density at radius 2 is 1.52 bits per heavy atom. The lowest BCUT2D eigenvalue weighted by atomic mass is 10.1. The molecule has 0 saturated carbocycles. The molecule has 0 aliphatic heterocycles. The molecule has 2 aromatic carbocycles. The highest BCUT2D eigenvalue weighted by molar-refractivity contribution is 5.46. The Bertz CT molecular complexity index is 492. The normalized spacial score (nSPS) is 8.81. The average molecular weight is 282 g/mol. The molecule has 2 aromatic rings. The minimum Gasteiger partial charge on any atom is -0.0985 e. The third kappa shape index (κ3) is 8.86. The summed E-state index contributed by atoms with van der Waals surface area (Å²) < 4.78 is 0. The summed E-state index contributed by atoms with van der Waals surface area (Å²) in [5, 5.41) is 0. The summed E-state index contributed by atoms with van der Waals surface area (Å²) >= 11 is 0. The van der Waals surface area contributed by atoms with Gasteiger partial charge >= 0.3 is 0 Å². The lowest BCUT2D eigenvalue weighted by molar-refractivity contribution is 0.920. The van der Waals surface area contributed by atoms with Crippen LogP contribution in [0.15, 0.2) is 55.1 Å². The fraction of sp³-hybridized carbons (Fsp3) is 0.333. The SMILES string of the molecule is C=Cc1ccc(C)cc1.CC.CCCc1cccc(C)c1. The van der Waals surface area contributed by atoms with Gasteiger partial charge in [0.2, 0.25) is 0 Å². The van der Waals surface area contributed by atoms with Crippen LogP contribution in [-0.2, 0) is 6.42 Å². The first-order valence-corrected chi connectivity index (χ1v) is 7.90. The van der Waals surface area contributed by atoms with Gasteiger partial charge in [0.1, 0.15) is 0 Å². The van der Waals surface area contributed by atoms with Gasteiger partial charge in [-0.1, -0.05) is 99.5 Å². The number of rotatable bonds is 3. The summed E-state index contributed by atoms with van der Waals surface area (Å²) in [6.07, 6.45) is 4.30. The van der Waals surface area contributed by atoms with Gasteiger partial charge in [-0.05, 0) is 31.4 Å². The Labute approximate surface area is 131 Å². The van der Waals surface area contributed by atoms with E-state index in [1.54, 1.807) is 0 Å². The molecule has 0 amide bonds. The van der Waals surface area contributed by atoms with Crippen LogP contribution in [-0.4, -0.2) is 0 Å². The van der Waals surface area contributed by atoms with Crippen molar-refractivity contribution in [3.05, 3.63) is 77.4 Å². The molecule has 0 fully saturated rings. The van der Waals surface area contributed by atoms with Crippen LogP contribution in [0.25, 0.3) is 6.08 Å². The van der Waals surface area contributed by atoms with Gasteiger partial charge in [0.15, 0.2) is 0 Å². The summed E-state index contributed by atoms with van der Waals surface area (Å²) in [5.41, 5.74) is 5.30. The molecule has 0 atom stereocenters. The number of hydrogen-bond donors (Lipinski definition) is 0. The van der Waals surface area contributed by atoms with E-state index < -0.39 is 0 Å². The minimum absolute atomic E-state index is 1.18. The van der Waals surface area contributed by atoms with Gasteiger partial charge in [-0.15, -0.1) is 0 Å². The van der Waals surface area contributed by atoms with Crippen LogP contribution in [0, 0.1) is 13.8 Å². The number of aryl methyl sites for hydroxylation is 3. The molecular formula is C21H30. The summed E-state index contributed by atoms with van der Waals surface area (Å²) in [6, 6.07) is 17.0. The molecule has 0 unspecified atom stereocenters. The van der Waals surface area contributed by atoms with Crippen molar-refractivity contribution in [2.75, 3.05) is 0 Å². The molecule has 2 rings (SSSR count). The highest BCUT2D eigenvalue weighted by Gasteiger charge is 1.89. The minimum atomic E-state index is 1.18. The molecule has 0 aliphatic carbocycles. The van der Waals surface area contributed by atoms with Gasteiger partial charge in [-0.2, -0.15) is 0 Å². The van der Waals surface area contributed by atoms with Gasteiger partial charge in [-0.3, -0.25) is 0 Å². The van der Waals surface area contributed by atoms with Crippen LogP contribution in [0.5, 0.6) is 0 Å². The van der Waals surface area contributed by atoms with Gasteiger partial charge in [-0.25, -0.2) is 0 Å². The molecule has 0 N–H and O–H groups in total. The van der Waals surface area contributed by atoms with Gasteiger partial charge in [0, 0.05) is 0 Å². The van der Waals surface area contributed by atoms with E-state index in [9.17, 15) is 0 Å². The number of benzene rings is 2. The van der Waals surface area contributed by atoms with E-state index in [-0.39, 0.29) is 0 Å². The van der Waals surface area contributed by atoms with Gasteiger partial charge in [0.25, 0.3) is 0 Å².